The lowest BCUT2D eigenvalue weighted by Crippen LogP contribution is -2.39. The molecule has 0 aliphatic rings. The molecule has 132 valence electrons. The highest BCUT2D eigenvalue weighted by Gasteiger charge is 2.04. The zero-order valence-corrected chi connectivity index (χ0v) is 17.4. The van der Waals surface area contributed by atoms with E-state index in [-0.39, 0.29) is 29.9 Å². The number of nitrogens with zero attached hydrogens (tertiary/aromatic N) is 1. The van der Waals surface area contributed by atoms with E-state index in [1.165, 1.54) is 17.8 Å². The molecule has 0 fully saturated rings. The van der Waals surface area contributed by atoms with Crippen molar-refractivity contribution in [2.45, 2.75) is 33.1 Å². The van der Waals surface area contributed by atoms with Gasteiger partial charge in [0.15, 0.2) is 5.96 Å². The first kappa shape index (κ1) is 22.2. The number of carbonyl (C=O) groups excluding carboxylic acids is 1. The molecule has 0 aliphatic carbocycles. The van der Waals surface area contributed by atoms with Gasteiger partial charge in [0, 0.05) is 26.7 Å². The lowest BCUT2D eigenvalue weighted by atomic mass is 10.1. The number of rotatable bonds is 9. The Balaban J connectivity index is 0.00000484. The summed E-state index contributed by atoms with van der Waals surface area (Å²) in [5.41, 5.74) is 0. The van der Waals surface area contributed by atoms with E-state index in [1.54, 1.807) is 7.05 Å². The summed E-state index contributed by atoms with van der Waals surface area (Å²) in [6, 6.07) is 3.72. The van der Waals surface area contributed by atoms with Crippen molar-refractivity contribution in [2.24, 2.45) is 10.9 Å². The molecule has 23 heavy (non-hydrogen) atoms. The van der Waals surface area contributed by atoms with Gasteiger partial charge in [0.05, 0.1) is 4.88 Å². The van der Waals surface area contributed by atoms with Crippen molar-refractivity contribution in [3.63, 3.8) is 0 Å². The van der Waals surface area contributed by atoms with Crippen LogP contribution < -0.4 is 16.0 Å². The monoisotopic (exact) mass is 452 g/mol. The standard InChI is InChI=1S/C16H28N4OS.HI/c1-13(2)7-4-9-19-16(17-3)20-11-6-10-18-15(21)14-8-5-12-22-14;/h5,8,12-13H,4,6-7,9-11H2,1-3H3,(H,18,21)(H2,17,19,20);1H. The summed E-state index contributed by atoms with van der Waals surface area (Å²) in [6.45, 7) is 6.85. The second-order valence-corrected chi connectivity index (χ2v) is 6.50. The summed E-state index contributed by atoms with van der Waals surface area (Å²) in [5.74, 6) is 1.57. The normalized spacial score (nSPS) is 11.0. The number of carbonyl (C=O) groups is 1. The highest BCUT2D eigenvalue weighted by Crippen LogP contribution is 2.07. The minimum atomic E-state index is 0. The Morgan fingerprint density at radius 2 is 1.83 bits per heavy atom. The number of halogens is 1. The molecule has 0 saturated carbocycles. The summed E-state index contributed by atoms with van der Waals surface area (Å²) in [6.07, 6.45) is 3.23. The Bertz CT molecular complexity index is 449. The quantitative estimate of drug-likeness (QED) is 0.234. The maximum absolute atomic E-state index is 11.7. The van der Waals surface area contributed by atoms with Crippen LogP contribution in [0.4, 0.5) is 0 Å². The van der Waals surface area contributed by atoms with Crippen molar-refractivity contribution in [3.8, 4) is 0 Å². The maximum atomic E-state index is 11.7. The second kappa shape index (κ2) is 13.6. The molecule has 0 atom stereocenters. The maximum Gasteiger partial charge on any atom is 0.261 e. The van der Waals surface area contributed by atoms with Gasteiger partial charge in [0.2, 0.25) is 0 Å². The number of hydrogen-bond donors (Lipinski definition) is 3. The van der Waals surface area contributed by atoms with Crippen molar-refractivity contribution in [1.82, 2.24) is 16.0 Å². The van der Waals surface area contributed by atoms with E-state index in [4.69, 9.17) is 0 Å². The van der Waals surface area contributed by atoms with E-state index in [2.05, 4.69) is 34.8 Å². The molecule has 0 radical (unpaired) electrons. The molecule has 1 amide bonds. The zero-order valence-electron chi connectivity index (χ0n) is 14.2. The molecule has 1 rings (SSSR count). The summed E-state index contributed by atoms with van der Waals surface area (Å²) in [5, 5.41) is 11.4. The van der Waals surface area contributed by atoms with Crippen LogP contribution >= 0.6 is 35.3 Å². The molecule has 7 heteroatoms. The number of aliphatic imine (C=N–C) groups is 1. The number of hydrogen-bond acceptors (Lipinski definition) is 3. The second-order valence-electron chi connectivity index (χ2n) is 5.55. The first-order chi connectivity index (χ1) is 10.6. The molecule has 0 spiro atoms. The molecule has 0 aliphatic heterocycles. The summed E-state index contributed by atoms with van der Waals surface area (Å²) in [7, 11) is 1.77. The molecule has 1 aromatic rings. The van der Waals surface area contributed by atoms with Crippen LogP contribution in [0.2, 0.25) is 0 Å². The van der Waals surface area contributed by atoms with Gasteiger partial charge in [-0.15, -0.1) is 35.3 Å². The topological polar surface area (TPSA) is 65.5 Å². The van der Waals surface area contributed by atoms with Crippen LogP contribution in [0.1, 0.15) is 42.8 Å². The fraction of sp³-hybridized carbons (Fsp3) is 0.625. The number of guanidine groups is 1. The SMILES string of the molecule is CN=C(NCCCNC(=O)c1cccs1)NCCCC(C)C.I. The Labute approximate surface area is 160 Å². The Morgan fingerprint density at radius 3 is 2.39 bits per heavy atom. The molecule has 0 saturated heterocycles. The van der Waals surface area contributed by atoms with Gasteiger partial charge < -0.3 is 16.0 Å². The summed E-state index contributed by atoms with van der Waals surface area (Å²) in [4.78, 5) is 16.7. The van der Waals surface area contributed by atoms with E-state index in [0.29, 0.717) is 6.54 Å². The Hall–Kier alpha value is -0.830. The minimum absolute atomic E-state index is 0. The van der Waals surface area contributed by atoms with Crippen LogP contribution in [-0.2, 0) is 0 Å². The molecule has 0 unspecified atom stereocenters. The number of amides is 1. The van der Waals surface area contributed by atoms with Crippen molar-refractivity contribution >= 4 is 47.2 Å². The van der Waals surface area contributed by atoms with Crippen molar-refractivity contribution in [2.75, 3.05) is 26.7 Å². The Kier molecular flexibility index (Phi) is 13.1. The predicted octanol–water partition coefficient (Wildman–Crippen LogP) is 3.09. The van der Waals surface area contributed by atoms with Crippen LogP contribution in [0.25, 0.3) is 0 Å². The molecule has 3 N–H and O–H groups in total. The van der Waals surface area contributed by atoms with Gasteiger partial charge in [-0.25, -0.2) is 0 Å². The first-order valence-corrected chi connectivity index (χ1v) is 8.77. The van der Waals surface area contributed by atoms with Crippen molar-refractivity contribution < 1.29 is 4.79 Å². The average Bonchev–Trinajstić information content (AvgIpc) is 3.03. The van der Waals surface area contributed by atoms with Gasteiger partial charge >= 0.3 is 0 Å². The Morgan fingerprint density at radius 1 is 1.17 bits per heavy atom. The van der Waals surface area contributed by atoms with Gasteiger partial charge in [-0.05, 0) is 36.6 Å². The van der Waals surface area contributed by atoms with E-state index in [1.807, 2.05) is 17.5 Å². The van der Waals surface area contributed by atoms with E-state index in [9.17, 15) is 4.79 Å². The molecule has 0 aromatic carbocycles. The highest BCUT2D eigenvalue weighted by atomic mass is 127. The van der Waals surface area contributed by atoms with E-state index in [0.717, 1.165) is 42.7 Å². The van der Waals surface area contributed by atoms with Gasteiger partial charge in [-0.2, -0.15) is 0 Å². The predicted molar refractivity (Wildman–Crippen MR) is 110 cm³/mol. The van der Waals surface area contributed by atoms with Crippen molar-refractivity contribution in [1.29, 1.82) is 0 Å². The minimum Gasteiger partial charge on any atom is -0.356 e. The van der Waals surface area contributed by atoms with Gasteiger partial charge in [-0.1, -0.05) is 19.9 Å². The fourth-order valence-corrected chi connectivity index (χ4v) is 2.57. The molecular weight excluding hydrogens is 423 g/mol. The molecule has 1 heterocycles. The largest absolute Gasteiger partial charge is 0.356 e. The molecule has 0 bridgehead atoms. The van der Waals surface area contributed by atoms with Crippen LogP contribution in [0, 0.1) is 5.92 Å². The lowest BCUT2D eigenvalue weighted by Gasteiger charge is -2.12. The van der Waals surface area contributed by atoms with E-state index < -0.39 is 0 Å². The number of nitrogens with one attached hydrogen (secondary N) is 3. The third kappa shape index (κ3) is 10.5. The van der Waals surface area contributed by atoms with Gasteiger partial charge in [0.25, 0.3) is 5.91 Å². The average molecular weight is 452 g/mol. The lowest BCUT2D eigenvalue weighted by molar-refractivity contribution is 0.0957. The van der Waals surface area contributed by atoms with Crippen LogP contribution in [0.15, 0.2) is 22.5 Å². The zero-order chi connectivity index (χ0) is 16.2. The number of thiophene rings is 1. The smallest absolute Gasteiger partial charge is 0.261 e. The van der Waals surface area contributed by atoms with E-state index >= 15 is 0 Å². The summed E-state index contributed by atoms with van der Waals surface area (Å²) < 4.78 is 0. The third-order valence-electron chi connectivity index (χ3n) is 3.15. The first-order valence-electron chi connectivity index (χ1n) is 7.89. The van der Waals surface area contributed by atoms with Gasteiger partial charge in [0.1, 0.15) is 0 Å². The molecular formula is C16H29IN4OS. The van der Waals surface area contributed by atoms with Crippen LogP contribution in [-0.4, -0.2) is 38.5 Å². The summed E-state index contributed by atoms with van der Waals surface area (Å²) >= 11 is 1.46. The van der Waals surface area contributed by atoms with Crippen LogP contribution in [0.3, 0.4) is 0 Å². The molecule has 1 aromatic heterocycles. The molecule has 5 nitrogen and oxygen atoms in total. The van der Waals surface area contributed by atoms with Crippen molar-refractivity contribution in [3.05, 3.63) is 22.4 Å². The third-order valence-corrected chi connectivity index (χ3v) is 4.02. The fourth-order valence-electron chi connectivity index (χ4n) is 1.93. The van der Waals surface area contributed by atoms with Crippen LogP contribution in [0.5, 0.6) is 0 Å². The van der Waals surface area contributed by atoms with Gasteiger partial charge in [-0.3, -0.25) is 9.79 Å². The highest BCUT2D eigenvalue weighted by molar-refractivity contribution is 14.0.